The minimum absolute atomic E-state index is 0.0493. The number of nitrogens with zero attached hydrogens (tertiary/aromatic N) is 3. The highest BCUT2D eigenvalue weighted by atomic mass is 16.5. The Bertz CT molecular complexity index is 728. The summed E-state index contributed by atoms with van der Waals surface area (Å²) in [6.45, 7) is 0.570. The number of aromatic carboxylic acids is 1. The standard InChI is InChI=1S/C14H12N4O3/c15-13-9(14(19)20)6-8(10-3-4-16-7-17-10)12(18-13)11-2-1-5-21-11/h2-4,6-7H,1,5H2,(H2,15,18)(H,19,20). The topological polar surface area (TPSA) is 111 Å². The average molecular weight is 284 g/mol. The monoisotopic (exact) mass is 284 g/mol. The lowest BCUT2D eigenvalue weighted by molar-refractivity contribution is 0.0697. The lowest BCUT2D eigenvalue weighted by atomic mass is 10.0. The number of aromatic nitrogens is 3. The summed E-state index contributed by atoms with van der Waals surface area (Å²) in [6.07, 6.45) is 5.64. The Labute approximate surface area is 120 Å². The van der Waals surface area contributed by atoms with Crippen LogP contribution < -0.4 is 5.73 Å². The number of carboxylic acids is 1. The van der Waals surface area contributed by atoms with Crippen molar-refractivity contribution in [1.29, 1.82) is 0 Å². The first-order chi connectivity index (χ1) is 10.2. The highest BCUT2D eigenvalue weighted by Gasteiger charge is 2.21. The van der Waals surface area contributed by atoms with Gasteiger partial charge in [0.15, 0.2) is 0 Å². The number of hydrogen-bond donors (Lipinski definition) is 2. The first kappa shape index (κ1) is 13.0. The molecule has 3 heterocycles. The van der Waals surface area contributed by atoms with Gasteiger partial charge in [-0.15, -0.1) is 0 Å². The van der Waals surface area contributed by atoms with Crippen LogP contribution in [-0.2, 0) is 4.74 Å². The molecule has 1 aliphatic rings. The van der Waals surface area contributed by atoms with Crippen molar-refractivity contribution in [1.82, 2.24) is 15.0 Å². The smallest absolute Gasteiger partial charge is 0.339 e. The molecular formula is C14H12N4O3. The molecule has 0 aliphatic carbocycles. The summed E-state index contributed by atoms with van der Waals surface area (Å²) in [6, 6.07) is 3.14. The zero-order chi connectivity index (χ0) is 14.8. The van der Waals surface area contributed by atoms with E-state index in [0.717, 1.165) is 6.42 Å². The summed E-state index contributed by atoms with van der Waals surface area (Å²) in [4.78, 5) is 23.4. The number of nitrogens with two attached hydrogens (primary N) is 1. The molecule has 0 spiro atoms. The minimum atomic E-state index is -1.14. The van der Waals surface area contributed by atoms with Crippen LogP contribution in [0.3, 0.4) is 0 Å². The van der Waals surface area contributed by atoms with Gasteiger partial charge in [-0.3, -0.25) is 0 Å². The summed E-state index contributed by atoms with van der Waals surface area (Å²) >= 11 is 0. The second kappa shape index (κ2) is 5.20. The maximum atomic E-state index is 11.2. The number of pyridine rings is 1. The largest absolute Gasteiger partial charge is 0.491 e. The van der Waals surface area contributed by atoms with Gasteiger partial charge < -0.3 is 15.6 Å². The molecule has 0 unspecified atom stereocenters. The quantitative estimate of drug-likeness (QED) is 0.880. The molecular weight excluding hydrogens is 272 g/mol. The number of rotatable bonds is 3. The Morgan fingerprint density at radius 1 is 1.43 bits per heavy atom. The number of ether oxygens (including phenoxy) is 1. The van der Waals surface area contributed by atoms with Crippen LogP contribution in [0.15, 0.2) is 30.7 Å². The summed E-state index contributed by atoms with van der Waals surface area (Å²) in [5, 5.41) is 9.19. The third kappa shape index (κ3) is 2.40. The van der Waals surface area contributed by atoms with Gasteiger partial charge in [-0.2, -0.15) is 0 Å². The molecule has 0 atom stereocenters. The molecule has 0 bridgehead atoms. The van der Waals surface area contributed by atoms with E-state index in [0.29, 0.717) is 29.3 Å². The van der Waals surface area contributed by atoms with Crippen LogP contribution in [0.25, 0.3) is 17.0 Å². The van der Waals surface area contributed by atoms with E-state index in [-0.39, 0.29) is 11.4 Å². The number of nitrogen functional groups attached to an aromatic ring is 1. The minimum Gasteiger partial charge on any atom is -0.491 e. The van der Waals surface area contributed by atoms with E-state index < -0.39 is 5.97 Å². The average Bonchev–Trinajstić information content (AvgIpc) is 3.01. The van der Waals surface area contributed by atoms with Gasteiger partial charge in [0.05, 0.1) is 12.3 Å². The molecule has 7 nitrogen and oxygen atoms in total. The molecule has 0 fully saturated rings. The van der Waals surface area contributed by atoms with Gasteiger partial charge in [0, 0.05) is 18.2 Å². The van der Waals surface area contributed by atoms with Crippen LogP contribution in [0.2, 0.25) is 0 Å². The highest BCUT2D eigenvalue weighted by molar-refractivity contribution is 5.95. The Hall–Kier alpha value is -2.96. The van der Waals surface area contributed by atoms with Crippen molar-refractivity contribution >= 4 is 17.5 Å². The van der Waals surface area contributed by atoms with E-state index in [1.54, 1.807) is 12.3 Å². The van der Waals surface area contributed by atoms with Gasteiger partial charge in [0.2, 0.25) is 0 Å². The first-order valence-electron chi connectivity index (χ1n) is 6.30. The Morgan fingerprint density at radius 2 is 2.29 bits per heavy atom. The van der Waals surface area contributed by atoms with Crippen molar-refractivity contribution in [3.05, 3.63) is 42.0 Å². The molecule has 7 heteroatoms. The summed E-state index contributed by atoms with van der Waals surface area (Å²) in [5.74, 6) is -0.595. The molecule has 106 valence electrons. The van der Waals surface area contributed by atoms with Crippen molar-refractivity contribution in [3.8, 4) is 11.3 Å². The van der Waals surface area contributed by atoms with Crippen molar-refractivity contribution in [2.45, 2.75) is 6.42 Å². The van der Waals surface area contributed by atoms with Crippen LogP contribution in [-0.4, -0.2) is 32.6 Å². The van der Waals surface area contributed by atoms with Crippen molar-refractivity contribution < 1.29 is 14.6 Å². The summed E-state index contributed by atoms with van der Waals surface area (Å²) < 4.78 is 5.51. The van der Waals surface area contributed by atoms with Gasteiger partial charge in [0.1, 0.15) is 29.2 Å². The zero-order valence-electron chi connectivity index (χ0n) is 11.0. The van der Waals surface area contributed by atoms with E-state index >= 15 is 0 Å². The predicted molar refractivity (Wildman–Crippen MR) is 75.2 cm³/mol. The molecule has 2 aromatic heterocycles. The Balaban J connectivity index is 2.23. The molecule has 0 radical (unpaired) electrons. The number of hydrogen-bond acceptors (Lipinski definition) is 6. The van der Waals surface area contributed by atoms with Crippen LogP contribution in [0.4, 0.5) is 5.82 Å². The van der Waals surface area contributed by atoms with Crippen LogP contribution in [0.1, 0.15) is 22.5 Å². The first-order valence-corrected chi connectivity index (χ1v) is 6.30. The SMILES string of the molecule is Nc1nc(C2=CCCO2)c(-c2ccncn2)cc1C(=O)O. The number of anilines is 1. The normalized spacial score (nSPS) is 13.6. The lowest BCUT2D eigenvalue weighted by Crippen LogP contribution is -2.08. The zero-order valence-corrected chi connectivity index (χ0v) is 11.0. The Kier molecular flexibility index (Phi) is 3.23. The Morgan fingerprint density at radius 3 is 2.90 bits per heavy atom. The van der Waals surface area contributed by atoms with E-state index in [4.69, 9.17) is 10.5 Å². The van der Waals surface area contributed by atoms with E-state index in [9.17, 15) is 9.90 Å². The molecule has 0 amide bonds. The van der Waals surface area contributed by atoms with E-state index in [2.05, 4.69) is 15.0 Å². The second-order valence-electron chi connectivity index (χ2n) is 4.42. The van der Waals surface area contributed by atoms with Crippen molar-refractivity contribution in [2.24, 2.45) is 0 Å². The lowest BCUT2D eigenvalue weighted by Gasteiger charge is -2.12. The summed E-state index contributed by atoms with van der Waals surface area (Å²) in [5.41, 5.74) is 7.27. The van der Waals surface area contributed by atoms with Gasteiger partial charge in [-0.05, 0) is 18.2 Å². The fraction of sp³-hybridized carbons (Fsp3) is 0.143. The molecule has 0 saturated carbocycles. The fourth-order valence-corrected chi connectivity index (χ4v) is 2.11. The number of carbonyl (C=O) groups is 1. The predicted octanol–water partition coefficient (Wildman–Crippen LogP) is 1.58. The van der Waals surface area contributed by atoms with Crippen LogP contribution in [0.5, 0.6) is 0 Å². The van der Waals surface area contributed by atoms with Gasteiger partial charge >= 0.3 is 5.97 Å². The van der Waals surface area contributed by atoms with Gasteiger partial charge in [-0.25, -0.2) is 19.7 Å². The van der Waals surface area contributed by atoms with Gasteiger partial charge in [0.25, 0.3) is 0 Å². The summed E-state index contributed by atoms with van der Waals surface area (Å²) in [7, 11) is 0. The molecule has 2 aromatic rings. The third-order valence-electron chi connectivity index (χ3n) is 3.08. The fourth-order valence-electron chi connectivity index (χ4n) is 2.11. The molecule has 0 saturated heterocycles. The molecule has 1 aliphatic heterocycles. The molecule has 3 N–H and O–H groups in total. The van der Waals surface area contributed by atoms with Crippen molar-refractivity contribution in [2.75, 3.05) is 12.3 Å². The third-order valence-corrected chi connectivity index (χ3v) is 3.08. The van der Waals surface area contributed by atoms with E-state index in [1.165, 1.54) is 12.4 Å². The molecule has 21 heavy (non-hydrogen) atoms. The van der Waals surface area contributed by atoms with Crippen LogP contribution in [0, 0.1) is 0 Å². The maximum Gasteiger partial charge on any atom is 0.339 e. The maximum absolute atomic E-state index is 11.2. The van der Waals surface area contributed by atoms with Crippen LogP contribution >= 0.6 is 0 Å². The highest BCUT2D eigenvalue weighted by Crippen LogP contribution is 2.31. The van der Waals surface area contributed by atoms with E-state index in [1.807, 2.05) is 6.08 Å². The second-order valence-corrected chi connectivity index (χ2v) is 4.42. The van der Waals surface area contributed by atoms with Gasteiger partial charge in [-0.1, -0.05) is 0 Å². The van der Waals surface area contributed by atoms with Crippen molar-refractivity contribution in [3.63, 3.8) is 0 Å². The molecule has 3 rings (SSSR count). The molecule has 0 aromatic carbocycles. The number of carboxylic acid groups (broad SMARTS) is 1.